The third kappa shape index (κ3) is 3.87. The van der Waals surface area contributed by atoms with Crippen molar-refractivity contribution in [1.82, 2.24) is 19.4 Å². The van der Waals surface area contributed by atoms with Crippen LogP contribution in [0.2, 0.25) is 0 Å². The summed E-state index contributed by atoms with van der Waals surface area (Å²) in [5.74, 6) is 1.07. The van der Waals surface area contributed by atoms with Crippen molar-refractivity contribution in [3.05, 3.63) is 59.9 Å². The van der Waals surface area contributed by atoms with Crippen molar-refractivity contribution in [3.63, 3.8) is 0 Å². The molecule has 31 heavy (non-hydrogen) atoms. The molecule has 0 spiro atoms. The number of nitrogens with zero attached hydrogens (tertiary/aromatic N) is 4. The topological polar surface area (TPSA) is 41.4 Å². The van der Waals surface area contributed by atoms with Gasteiger partial charge in [-0.1, -0.05) is 25.0 Å². The highest BCUT2D eigenvalue weighted by molar-refractivity contribution is 5.94. The maximum Gasteiger partial charge on any atom is 0.253 e. The zero-order chi connectivity index (χ0) is 21.4. The molecule has 1 aliphatic heterocycles. The predicted octanol–water partition coefficient (Wildman–Crippen LogP) is 4.81. The molecule has 2 aromatic carbocycles. The number of hydrogen-bond acceptors (Lipinski definition) is 3. The second-order valence-corrected chi connectivity index (χ2v) is 9.15. The maximum atomic E-state index is 13.2. The molecular formula is C26H32N4O. The number of para-hydroxylation sites is 2. The molecule has 0 radical (unpaired) electrons. The lowest BCUT2D eigenvalue weighted by atomic mass is 10.0. The predicted molar refractivity (Wildman–Crippen MR) is 125 cm³/mol. The number of imidazole rings is 1. The van der Waals surface area contributed by atoms with E-state index in [-0.39, 0.29) is 5.91 Å². The first-order chi connectivity index (χ1) is 15.1. The van der Waals surface area contributed by atoms with E-state index in [0.717, 1.165) is 60.1 Å². The van der Waals surface area contributed by atoms with Crippen molar-refractivity contribution in [3.8, 4) is 5.69 Å². The summed E-state index contributed by atoms with van der Waals surface area (Å²) in [7, 11) is 1.97. The number of aromatic nitrogens is 2. The molecule has 0 unspecified atom stereocenters. The van der Waals surface area contributed by atoms with Gasteiger partial charge < -0.3 is 9.80 Å². The van der Waals surface area contributed by atoms with Crippen molar-refractivity contribution in [2.45, 2.75) is 57.5 Å². The third-order valence-corrected chi connectivity index (χ3v) is 7.31. The first-order valence-electron chi connectivity index (χ1n) is 11.7. The van der Waals surface area contributed by atoms with Crippen LogP contribution in [0.5, 0.6) is 0 Å². The summed E-state index contributed by atoms with van der Waals surface area (Å²) in [6.45, 7) is 4.27. The summed E-state index contributed by atoms with van der Waals surface area (Å²) < 4.78 is 2.14. The second-order valence-electron chi connectivity index (χ2n) is 9.15. The van der Waals surface area contributed by atoms with Crippen LogP contribution >= 0.6 is 0 Å². The van der Waals surface area contributed by atoms with Crippen molar-refractivity contribution < 1.29 is 4.79 Å². The second kappa shape index (κ2) is 8.46. The normalized spacial score (nSPS) is 18.6. The van der Waals surface area contributed by atoms with E-state index in [1.54, 1.807) is 0 Å². The molecule has 3 aromatic rings. The van der Waals surface area contributed by atoms with Crippen LogP contribution in [0.3, 0.4) is 0 Å². The molecule has 2 fully saturated rings. The van der Waals surface area contributed by atoms with Crippen LogP contribution in [0, 0.1) is 6.92 Å². The Bertz CT molecular complexity index is 1060. The molecule has 1 amide bonds. The Morgan fingerprint density at radius 3 is 2.35 bits per heavy atom. The fourth-order valence-electron chi connectivity index (χ4n) is 5.50. The lowest BCUT2D eigenvalue weighted by Crippen LogP contribution is -2.48. The number of amides is 1. The molecule has 5 nitrogen and oxygen atoms in total. The van der Waals surface area contributed by atoms with Gasteiger partial charge in [-0.15, -0.1) is 0 Å². The number of hydrogen-bond donors (Lipinski definition) is 0. The molecule has 0 atom stereocenters. The smallest absolute Gasteiger partial charge is 0.253 e. The van der Waals surface area contributed by atoms with E-state index in [1.807, 2.05) is 61.3 Å². The van der Waals surface area contributed by atoms with Crippen molar-refractivity contribution in [1.29, 1.82) is 0 Å². The molecule has 1 aliphatic carbocycles. The summed E-state index contributed by atoms with van der Waals surface area (Å²) in [6, 6.07) is 17.3. The van der Waals surface area contributed by atoms with Crippen LogP contribution in [0.4, 0.5) is 0 Å². The van der Waals surface area contributed by atoms with E-state index >= 15 is 0 Å². The summed E-state index contributed by atoms with van der Waals surface area (Å²) in [5.41, 5.74) is 3.87. The Balaban J connectivity index is 1.27. The van der Waals surface area contributed by atoms with Gasteiger partial charge in [0.05, 0.1) is 11.0 Å². The van der Waals surface area contributed by atoms with E-state index in [1.165, 1.54) is 25.7 Å². The zero-order valence-corrected chi connectivity index (χ0v) is 18.6. The summed E-state index contributed by atoms with van der Waals surface area (Å²) in [4.78, 5) is 22.4. The number of aryl methyl sites for hydroxylation is 1. The fraction of sp³-hybridized carbons (Fsp3) is 0.462. The number of fused-ring (bicyclic) bond motifs is 1. The van der Waals surface area contributed by atoms with Crippen LogP contribution in [-0.4, -0.2) is 57.5 Å². The van der Waals surface area contributed by atoms with Gasteiger partial charge >= 0.3 is 0 Å². The van der Waals surface area contributed by atoms with Crippen LogP contribution in [0.15, 0.2) is 48.5 Å². The largest absolute Gasteiger partial charge is 0.339 e. The van der Waals surface area contributed by atoms with Crippen LogP contribution in [-0.2, 0) is 0 Å². The first-order valence-corrected chi connectivity index (χ1v) is 11.7. The van der Waals surface area contributed by atoms with Crippen molar-refractivity contribution in [2.75, 3.05) is 20.1 Å². The molecule has 2 aliphatic rings. The van der Waals surface area contributed by atoms with Crippen LogP contribution < -0.4 is 0 Å². The SMILES string of the molecule is Cc1nc2ccccc2n1-c1ccc(C(=O)N(C)C2CCN(C3CCCC3)CC2)cc1. The number of piperidine rings is 1. The molecule has 2 heterocycles. The lowest BCUT2D eigenvalue weighted by Gasteiger charge is -2.39. The Kier molecular flexibility index (Phi) is 5.53. The van der Waals surface area contributed by atoms with Crippen molar-refractivity contribution in [2.24, 2.45) is 0 Å². The third-order valence-electron chi connectivity index (χ3n) is 7.31. The lowest BCUT2D eigenvalue weighted by molar-refractivity contribution is 0.0598. The van der Waals surface area contributed by atoms with Gasteiger partial charge in [0.15, 0.2) is 0 Å². The van der Waals surface area contributed by atoms with Crippen LogP contribution in [0.25, 0.3) is 16.7 Å². The minimum atomic E-state index is 0.123. The minimum absolute atomic E-state index is 0.123. The van der Waals surface area contributed by atoms with Gasteiger partial charge in [-0.3, -0.25) is 9.36 Å². The summed E-state index contributed by atoms with van der Waals surface area (Å²) in [6.07, 6.45) is 7.64. The Morgan fingerprint density at radius 2 is 1.65 bits per heavy atom. The molecule has 1 saturated carbocycles. The van der Waals surface area contributed by atoms with Gasteiger partial charge in [0.25, 0.3) is 5.91 Å². The molecule has 0 N–H and O–H groups in total. The van der Waals surface area contributed by atoms with Gasteiger partial charge in [-0.05, 0) is 69.0 Å². The highest BCUT2D eigenvalue weighted by Crippen LogP contribution is 2.28. The van der Waals surface area contributed by atoms with E-state index < -0.39 is 0 Å². The van der Waals surface area contributed by atoms with E-state index in [4.69, 9.17) is 0 Å². The summed E-state index contributed by atoms with van der Waals surface area (Å²) >= 11 is 0. The molecule has 0 bridgehead atoms. The average Bonchev–Trinajstić information content (AvgIpc) is 3.46. The van der Waals surface area contributed by atoms with E-state index in [2.05, 4.69) is 20.5 Å². The number of carbonyl (C=O) groups excluding carboxylic acids is 1. The number of benzene rings is 2. The summed E-state index contributed by atoms with van der Waals surface area (Å²) in [5, 5.41) is 0. The van der Waals surface area contributed by atoms with Gasteiger partial charge in [0.2, 0.25) is 0 Å². The molecule has 1 saturated heterocycles. The molecule has 5 rings (SSSR count). The molecular weight excluding hydrogens is 384 g/mol. The monoisotopic (exact) mass is 416 g/mol. The number of carbonyl (C=O) groups is 1. The highest BCUT2D eigenvalue weighted by atomic mass is 16.2. The van der Waals surface area contributed by atoms with Crippen LogP contribution in [0.1, 0.15) is 54.7 Å². The Labute approximate surface area is 184 Å². The number of likely N-dealkylation sites (tertiary alicyclic amines) is 1. The number of rotatable bonds is 4. The Hall–Kier alpha value is -2.66. The van der Waals surface area contributed by atoms with Gasteiger partial charge in [-0.25, -0.2) is 4.98 Å². The standard InChI is InChI=1S/C26H32N4O/c1-19-27-24-9-5-6-10-25(24)30(19)23-13-11-20(12-14-23)26(31)28(2)21-15-17-29(18-16-21)22-7-3-4-8-22/h5-6,9-14,21-22H,3-4,7-8,15-18H2,1-2H3. The average molecular weight is 417 g/mol. The zero-order valence-electron chi connectivity index (χ0n) is 18.6. The fourth-order valence-corrected chi connectivity index (χ4v) is 5.50. The van der Waals surface area contributed by atoms with E-state index in [9.17, 15) is 4.79 Å². The molecule has 1 aromatic heterocycles. The molecule has 5 heteroatoms. The van der Waals surface area contributed by atoms with Gasteiger partial charge in [-0.2, -0.15) is 0 Å². The minimum Gasteiger partial charge on any atom is -0.339 e. The van der Waals surface area contributed by atoms with Gasteiger partial charge in [0, 0.05) is 43.5 Å². The van der Waals surface area contributed by atoms with Crippen molar-refractivity contribution >= 4 is 16.9 Å². The quantitative estimate of drug-likeness (QED) is 0.613. The molecule has 162 valence electrons. The Morgan fingerprint density at radius 1 is 0.968 bits per heavy atom. The van der Waals surface area contributed by atoms with Gasteiger partial charge in [0.1, 0.15) is 5.82 Å². The van der Waals surface area contributed by atoms with E-state index in [0.29, 0.717) is 6.04 Å². The highest BCUT2D eigenvalue weighted by Gasteiger charge is 2.30. The first kappa shape index (κ1) is 20.3. The maximum absolute atomic E-state index is 13.2.